The topological polar surface area (TPSA) is 59.9 Å². The number of hydrogen-bond acceptors (Lipinski definition) is 4. The van der Waals surface area contributed by atoms with Crippen molar-refractivity contribution in [2.24, 2.45) is 5.10 Å². The van der Waals surface area contributed by atoms with Gasteiger partial charge in [-0.15, -0.1) is 0 Å². The predicted octanol–water partition coefficient (Wildman–Crippen LogP) is 6.26. The van der Waals surface area contributed by atoms with E-state index in [1.54, 1.807) is 30.5 Å². The Balaban J connectivity index is 1.26. The summed E-state index contributed by atoms with van der Waals surface area (Å²) in [5, 5.41) is 4.75. The van der Waals surface area contributed by atoms with Gasteiger partial charge in [0.25, 0.3) is 5.91 Å². The van der Waals surface area contributed by atoms with Crippen molar-refractivity contribution in [1.82, 2.24) is 5.43 Å². The summed E-state index contributed by atoms with van der Waals surface area (Å²) in [5.74, 6) is 1.09. The molecule has 0 aliphatic heterocycles. The lowest BCUT2D eigenvalue weighted by molar-refractivity contribution is 0.0955. The van der Waals surface area contributed by atoms with Gasteiger partial charge in [-0.1, -0.05) is 66.2 Å². The largest absolute Gasteiger partial charge is 0.489 e. The van der Waals surface area contributed by atoms with Crippen LogP contribution in [0, 0.1) is 0 Å². The van der Waals surface area contributed by atoms with Crippen LogP contribution < -0.4 is 14.9 Å². The molecule has 6 heteroatoms. The summed E-state index contributed by atoms with van der Waals surface area (Å²) in [6.07, 6.45) is 1.58. The minimum absolute atomic E-state index is 0.308. The number of carbonyl (C=O) groups is 1. The van der Waals surface area contributed by atoms with Gasteiger partial charge in [0.05, 0.1) is 6.21 Å². The van der Waals surface area contributed by atoms with Gasteiger partial charge in [-0.2, -0.15) is 5.10 Å². The summed E-state index contributed by atoms with van der Waals surface area (Å²) in [6.45, 7) is 0.902. The van der Waals surface area contributed by atoms with Crippen LogP contribution in [-0.4, -0.2) is 12.1 Å². The van der Waals surface area contributed by atoms with Crippen LogP contribution in [0.4, 0.5) is 0 Å². The summed E-state index contributed by atoms with van der Waals surface area (Å²) in [6, 6.07) is 31.8. The lowest BCUT2D eigenvalue weighted by Gasteiger charge is -2.07. The normalized spacial score (nSPS) is 10.7. The van der Waals surface area contributed by atoms with Crippen LogP contribution in [-0.2, 0) is 13.2 Å². The van der Waals surface area contributed by atoms with Crippen molar-refractivity contribution < 1.29 is 14.3 Å². The number of amides is 1. The number of nitrogens with zero attached hydrogens (tertiary/aromatic N) is 1. The molecule has 1 amide bonds. The van der Waals surface area contributed by atoms with E-state index < -0.39 is 0 Å². The van der Waals surface area contributed by atoms with Crippen LogP contribution in [0.2, 0.25) is 5.02 Å². The molecular formula is C28H23ClN2O3. The first-order valence-corrected chi connectivity index (χ1v) is 11.1. The molecule has 0 bridgehead atoms. The quantitative estimate of drug-likeness (QED) is 0.232. The lowest BCUT2D eigenvalue weighted by atomic mass is 10.2. The van der Waals surface area contributed by atoms with E-state index in [4.69, 9.17) is 21.1 Å². The highest BCUT2D eigenvalue weighted by molar-refractivity contribution is 6.30. The fourth-order valence-corrected chi connectivity index (χ4v) is 3.23. The predicted molar refractivity (Wildman–Crippen MR) is 135 cm³/mol. The third-order valence-electron chi connectivity index (χ3n) is 4.92. The third kappa shape index (κ3) is 6.95. The van der Waals surface area contributed by atoms with Gasteiger partial charge in [0, 0.05) is 10.6 Å². The van der Waals surface area contributed by atoms with E-state index in [-0.39, 0.29) is 5.91 Å². The van der Waals surface area contributed by atoms with E-state index in [0.29, 0.717) is 29.5 Å². The molecule has 4 aromatic rings. The zero-order chi connectivity index (χ0) is 23.6. The van der Waals surface area contributed by atoms with Crippen LogP contribution >= 0.6 is 11.6 Å². The number of halogens is 1. The molecule has 4 rings (SSSR count). The minimum Gasteiger partial charge on any atom is -0.489 e. The van der Waals surface area contributed by atoms with Gasteiger partial charge in [0.2, 0.25) is 0 Å². The molecule has 34 heavy (non-hydrogen) atoms. The maximum atomic E-state index is 12.4. The number of nitrogens with one attached hydrogen (secondary N) is 1. The maximum Gasteiger partial charge on any atom is 0.271 e. The number of carbonyl (C=O) groups excluding carboxylic acids is 1. The Kier molecular flexibility index (Phi) is 7.93. The maximum absolute atomic E-state index is 12.4. The standard InChI is InChI=1S/C28H23ClN2O3/c29-25-13-9-22(10-14-25)20-33-26-15-11-24(12-16-26)28(32)31-30-18-23-7-4-8-27(17-23)34-19-21-5-2-1-3-6-21/h1-18H,19-20H2,(H,31,32)/b30-18+. The van der Waals surface area contributed by atoms with Gasteiger partial charge in [-0.25, -0.2) is 5.43 Å². The van der Waals surface area contributed by atoms with E-state index in [0.717, 1.165) is 22.4 Å². The minimum atomic E-state index is -0.308. The van der Waals surface area contributed by atoms with E-state index in [2.05, 4.69) is 10.5 Å². The van der Waals surface area contributed by atoms with Crippen molar-refractivity contribution >= 4 is 23.7 Å². The van der Waals surface area contributed by atoms with Gasteiger partial charge < -0.3 is 9.47 Å². The smallest absolute Gasteiger partial charge is 0.271 e. The fraction of sp³-hybridized carbons (Fsp3) is 0.0714. The molecule has 0 unspecified atom stereocenters. The number of hydrogen-bond donors (Lipinski definition) is 1. The van der Waals surface area contributed by atoms with E-state index >= 15 is 0 Å². The van der Waals surface area contributed by atoms with Gasteiger partial charge in [-0.05, 0) is 65.2 Å². The van der Waals surface area contributed by atoms with Crippen LogP contribution in [0.3, 0.4) is 0 Å². The average Bonchev–Trinajstić information content (AvgIpc) is 2.88. The molecule has 0 aliphatic carbocycles. The molecular weight excluding hydrogens is 448 g/mol. The summed E-state index contributed by atoms with van der Waals surface area (Å²) in [4.78, 5) is 12.4. The summed E-state index contributed by atoms with van der Waals surface area (Å²) in [7, 11) is 0. The van der Waals surface area contributed by atoms with Crippen LogP contribution in [0.5, 0.6) is 11.5 Å². The van der Waals surface area contributed by atoms with Crippen molar-refractivity contribution in [3.8, 4) is 11.5 Å². The highest BCUT2D eigenvalue weighted by atomic mass is 35.5. The van der Waals surface area contributed by atoms with Crippen molar-refractivity contribution in [3.63, 3.8) is 0 Å². The van der Waals surface area contributed by atoms with E-state index in [1.165, 1.54) is 0 Å². The molecule has 4 aromatic carbocycles. The first kappa shape index (κ1) is 23.1. The van der Waals surface area contributed by atoms with Crippen molar-refractivity contribution in [1.29, 1.82) is 0 Å². The molecule has 0 saturated carbocycles. The lowest BCUT2D eigenvalue weighted by Crippen LogP contribution is -2.17. The Morgan fingerprint density at radius 3 is 2.18 bits per heavy atom. The second-order valence-corrected chi connectivity index (χ2v) is 7.92. The van der Waals surface area contributed by atoms with Gasteiger partial charge in [-0.3, -0.25) is 4.79 Å². The molecule has 0 aromatic heterocycles. The highest BCUT2D eigenvalue weighted by Crippen LogP contribution is 2.16. The fourth-order valence-electron chi connectivity index (χ4n) is 3.11. The Morgan fingerprint density at radius 1 is 0.765 bits per heavy atom. The summed E-state index contributed by atoms with van der Waals surface area (Å²) >= 11 is 5.89. The Morgan fingerprint density at radius 2 is 1.44 bits per heavy atom. The third-order valence-corrected chi connectivity index (χ3v) is 5.17. The molecule has 0 atom stereocenters. The Labute approximate surface area is 203 Å². The van der Waals surface area contributed by atoms with Crippen molar-refractivity contribution in [2.75, 3.05) is 0 Å². The van der Waals surface area contributed by atoms with E-state index in [9.17, 15) is 4.79 Å². The number of ether oxygens (including phenoxy) is 2. The van der Waals surface area contributed by atoms with Crippen molar-refractivity contribution in [2.45, 2.75) is 13.2 Å². The van der Waals surface area contributed by atoms with Crippen LogP contribution in [0.15, 0.2) is 108 Å². The molecule has 0 saturated heterocycles. The molecule has 1 N–H and O–H groups in total. The molecule has 0 spiro atoms. The monoisotopic (exact) mass is 470 g/mol. The molecule has 0 radical (unpaired) electrons. The van der Waals surface area contributed by atoms with Crippen molar-refractivity contribution in [3.05, 3.63) is 130 Å². The van der Waals surface area contributed by atoms with Crippen LogP contribution in [0.25, 0.3) is 0 Å². The molecule has 0 aliphatic rings. The highest BCUT2D eigenvalue weighted by Gasteiger charge is 2.05. The first-order valence-electron chi connectivity index (χ1n) is 10.7. The SMILES string of the molecule is O=C(N/N=C/c1cccc(OCc2ccccc2)c1)c1ccc(OCc2ccc(Cl)cc2)cc1. The summed E-state index contributed by atoms with van der Waals surface area (Å²) in [5.41, 5.74) is 5.94. The van der Waals surface area contributed by atoms with Gasteiger partial charge in [0.1, 0.15) is 24.7 Å². The second-order valence-electron chi connectivity index (χ2n) is 7.49. The molecule has 170 valence electrons. The van der Waals surface area contributed by atoms with Crippen LogP contribution in [0.1, 0.15) is 27.0 Å². The average molecular weight is 471 g/mol. The van der Waals surface area contributed by atoms with E-state index in [1.807, 2.05) is 78.9 Å². The summed E-state index contributed by atoms with van der Waals surface area (Å²) < 4.78 is 11.6. The molecule has 0 fully saturated rings. The molecule has 0 heterocycles. The Hall–Kier alpha value is -4.09. The first-order chi connectivity index (χ1) is 16.7. The zero-order valence-corrected chi connectivity index (χ0v) is 19.1. The second kappa shape index (κ2) is 11.7. The Bertz CT molecular complexity index is 1240. The van der Waals surface area contributed by atoms with Gasteiger partial charge >= 0.3 is 0 Å². The number of hydrazone groups is 1. The van der Waals surface area contributed by atoms with Gasteiger partial charge in [0.15, 0.2) is 0 Å². The number of benzene rings is 4. The zero-order valence-electron chi connectivity index (χ0n) is 18.4. The number of rotatable bonds is 9. The molecule has 5 nitrogen and oxygen atoms in total.